The zero-order chi connectivity index (χ0) is 13.5. The van der Waals surface area contributed by atoms with E-state index in [4.69, 9.17) is 0 Å². The van der Waals surface area contributed by atoms with Crippen LogP contribution >= 0.6 is 11.8 Å². The first-order valence-corrected chi connectivity index (χ1v) is 8.15. The van der Waals surface area contributed by atoms with E-state index in [0.29, 0.717) is 5.91 Å². The van der Waals surface area contributed by atoms with Crippen LogP contribution in [0.4, 0.5) is 0 Å². The van der Waals surface area contributed by atoms with E-state index in [-0.39, 0.29) is 11.7 Å². The van der Waals surface area contributed by atoms with Crippen LogP contribution in [0, 0.1) is 0 Å². The summed E-state index contributed by atoms with van der Waals surface area (Å²) in [4.78, 5) is 15.7. The molecule has 1 aliphatic heterocycles. The van der Waals surface area contributed by atoms with Gasteiger partial charge in [-0.1, -0.05) is 19.1 Å². The van der Waals surface area contributed by atoms with Gasteiger partial charge in [0.05, 0.1) is 0 Å². The molecule has 1 saturated heterocycles. The minimum atomic E-state index is -0.224. The molecular formula is C15H20N2OS. The lowest BCUT2D eigenvalue weighted by molar-refractivity contribution is -0.130. The van der Waals surface area contributed by atoms with Gasteiger partial charge >= 0.3 is 0 Å². The summed E-state index contributed by atoms with van der Waals surface area (Å²) in [6, 6.07) is 8.55. The maximum absolute atomic E-state index is 12.4. The smallest absolute Gasteiger partial charge is 0.244 e. The molecule has 102 valence electrons. The van der Waals surface area contributed by atoms with Crippen molar-refractivity contribution < 1.29 is 4.79 Å². The summed E-state index contributed by atoms with van der Waals surface area (Å²) in [6.07, 6.45) is 5.13. The van der Waals surface area contributed by atoms with Crippen molar-refractivity contribution in [2.24, 2.45) is 0 Å². The Balaban J connectivity index is 1.87. The SMILES string of the molecule is CCCN1C(=O)C2(CC2)NC1c1ccc(SC)cc1. The summed E-state index contributed by atoms with van der Waals surface area (Å²) in [7, 11) is 0. The number of carbonyl (C=O) groups excluding carboxylic acids is 1. The lowest BCUT2D eigenvalue weighted by atomic mass is 10.1. The molecule has 2 aliphatic rings. The van der Waals surface area contributed by atoms with E-state index < -0.39 is 0 Å². The molecule has 1 saturated carbocycles. The first-order chi connectivity index (χ1) is 9.20. The molecule has 0 bridgehead atoms. The fraction of sp³-hybridized carbons (Fsp3) is 0.533. The van der Waals surface area contributed by atoms with E-state index in [1.807, 2.05) is 4.90 Å². The maximum atomic E-state index is 12.4. The fourth-order valence-corrected chi connectivity index (χ4v) is 3.21. The minimum Gasteiger partial charge on any atom is -0.321 e. The van der Waals surface area contributed by atoms with Crippen molar-refractivity contribution in [1.29, 1.82) is 0 Å². The first-order valence-electron chi connectivity index (χ1n) is 6.93. The highest BCUT2D eigenvalue weighted by atomic mass is 32.2. The van der Waals surface area contributed by atoms with Crippen LogP contribution < -0.4 is 5.32 Å². The van der Waals surface area contributed by atoms with Crippen LogP contribution in [0.15, 0.2) is 29.2 Å². The minimum absolute atomic E-state index is 0.0610. The summed E-state index contributed by atoms with van der Waals surface area (Å²) < 4.78 is 0. The largest absolute Gasteiger partial charge is 0.321 e. The number of nitrogens with zero attached hydrogens (tertiary/aromatic N) is 1. The Morgan fingerprint density at radius 2 is 2.05 bits per heavy atom. The number of hydrogen-bond donors (Lipinski definition) is 1. The summed E-state index contributed by atoms with van der Waals surface area (Å²) in [5.41, 5.74) is 0.973. The zero-order valence-electron chi connectivity index (χ0n) is 11.5. The van der Waals surface area contributed by atoms with Crippen molar-refractivity contribution >= 4 is 17.7 Å². The van der Waals surface area contributed by atoms with Crippen LogP contribution in [0.1, 0.15) is 37.9 Å². The summed E-state index contributed by atoms with van der Waals surface area (Å²) in [5, 5.41) is 3.55. The van der Waals surface area contributed by atoms with Crippen molar-refractivity contribution in [3.8, 4) is 0 Å². The molecule has 0 aromatic heterocycles. The molecule has 0 radical (unpaired) electrons. The predicted octanol–water partition coefficient (Wildman–Crippen LogP) is 2.78. The highest BCUT2D eigenvalue weighted by Gasteiger charge is 2.59. The molecule has 1 amide bonds. The van der Waals surface area contributed by atoms with Gasteiger partial charge in [0.1, 0.15) is 11.7 Å². The molecule has 1 aromatic carbocycles. The number of nitrogens with one attached hydrogen (secondary N) is 1. The summed E-state index contributed by atoms with van der Waals surface area (Å²) in [6.45, 7) is 2.96. The average Bonchev–Trinajstić information content (AvgIpc) is 3.18. The van der Waals surface area contributed by atoms with Crippen LogP contribution in [0.25, 0.3) is 0 Å². The third-order valence-electron chi connectivity index (χ3n) is 4.04. The molecule has 3 nitrogen and oxygen atoms in total. The van der Waals surface area contributed by atoms with Crippen molar-refractivity contribution in [3.05, 3.63) is 29.8 Å². The molecular weight excluding hydrogens is 256 g/mol. The number of amides is 1. The second-order valence-corrected chi connectivity index (χ2v) is 6.28. The van der Waals surface area contributed by atoms with Crippen LogP contribution in [0.5, 0.6) is 0 Å². The lowest BCUT2D eigenvalue weighted by Crippen LogP contribution is -2.32. The van der Waals surface area contributed by atoms with E-state index in [1.54, 1.807) is 11.8 Å². The Morgan fingerprint density at radius 1 is 1.37 bits per heavy atom. The maximum Gasteiger partial charge on any atom is 0.244 e. The van der Waals surface area contributed by atoms with Crippen LogP contribution in [-0.4, -0.2) is 29.1 Å². The van der Waals surface area contributed by atoms with Crippen molar-refractivity contribution in [2.75, 3.05) is 12.8 Å². The van der Waals surface area contributed by atoms with Gasteiger partial charge < -0.3 is 4.90 Å². The van der Waals surface area contributed by atoms with Crippen LogP contribution in [-0.2, 0) is 4.79 Å². The highest BCUT2D eigenvalue weighted by Crippen LogP contribution is 2.45. The molecule has 1 aromatic rings. The van der Waals surface area contributed by atoms with Gasteiger partial charge in [-0.25, -0.2) is 0 Å². The third-order valence-corrected chi connectivity index (χ3v) is 4.78. The molecule has 2 fully saturated rings. The average molecular weight is 276 g/mol. The monoisotopic (exact) mass is 276 g/mol. The molecule has 1 spiro atoms. The molecule has 1 atom stereocenters. The molecule has 4 heteroatoms. The number of rotatable bonds is 4. The van der Waals surface area contributed by atoms with E-state index in [1.165, 1.54) is 10.5 Å². The van der Waals surface area contributed by atoms with Gasteiger partial charge in [-0.15, -0.1) is 11.8 Å². The highest BCUT2D eigenvalue weighted by molar-refractivity contribution is 7.98. The number of hydrogen-bond acceptors (Lipinski definition) is 3. The van der Waals surface area contributed by atoms with Gasteiger partial charge in [-0.3, -0.25) is 10.1 Å². The van der Waals surface area contributed by atoms with E-state index >= 15 is 0 Å². The molecule has 3 rings (SSSR count). The van der Waals surface area contributed by atoms with Gasteiger partial charge in [0, 0.05) is 11.4 Å². The van der Waals surface area contributed by atoms with Gasteiger partial charge in [0.25, 0.3) is 0 Å². The third kappa shape index (κ3) is 2.17. The fourth-order valence-electron chi connectivity index (χ4n) is 2.80. The van der Waals surface area contributed by atoms with Crippen molar-refractivity contribution in [3.63, 3.8) is 0 Å². The van der Waals surface area contributed by atoms with Crippen LogP contribution in [0.3, 0.4) is 0 Å². The van der Waals surface area contributed by atoms with E-state index in [2.05, 4.69) is 42.8 Å². The van der Waals surface area contributed by atoms with E-state index in [0.717, 1.165) is 25.8 Å². The number of carbonyl (C=O) groups is 1. The zero-order valence-corrected chi connectivity index (χ0v) is 12.3. The number of thioether (sulfide) groups is 1. The summed E-state index contributed by atoms with van der Waals surface area (Å²) >= 11 is 1.74. The Labute approximate surface area is 118 Å². The van der Waals surface area contributed by atoms with Gasteiger partial charge in [-0.05, 0) is 43.2 Å². The van der Waals surface area contributed by atoms with E-state index in [9.17, 15) is 4.79 Å². The predicted molar refractivity (Wildman–Crippen MR) is 78.1 cm³/mol. The summed E-state index contributed by atoms with van der Waals surface area (Å²) in [5.74, 6) is 0.299. The second-order valence-electron chi connectivity index (χ2n) is 5.40. The Kier molecular flexibility index (Phi) is 3.31. The molecule has 1 N–H and O–H groups in total. The Bertz CT molecular complexity index is 481. The molecule has 1 unspecified atom stereocenters. The first kappa shape index (κ1) is 13.0. The standard InChI is InChI=1S/C15H20N2OS/c1-3-10-17-13(16-15(8-9-15)14(17)18)11-4-6-12(19-2)7-5-11/h4-7,13,16H,3,8-10H2,1-2H3. The lowest BCUT2D eigenvalue weighted by Gasteiger charge is -2.24. The normalized spacial score (nSPS) is 24.2. The Morgan fingerprint density at radius 3 is 2.58 bits per heavy atom. The molecule has 1 aliphatic carbocycles. The second kappa shape index (κ2) is 4.84. The molecule has 19 heavy (non-hydrogen) atoms. The molecule has 1 heterocycles. The van der Waals surface area contributed by atoms with Gasteiger partial charge in [-0.2, -0.15) is 0 Å². The van der Waals surface area contributed by atoms with Crippen molar-refractivity contribution in [1.82, 2.24) is 10.2 Å². The van der Waals surface area contributed by atoms with Gasteiger partial charge in [0.2, 0.25) is 5.91 Å². The quantitative estimate of drug-likeness (QED) is 0.858. The van der Waals surface area contributed by atoms with Crippen molar-refractivity contribution in [2.45, 2.75) is 42.8 Å². The Hall–Kier alpha value is -1.00. The van der Waals surface area contributed by atoms with Crippen LogP contribution in [0.2, 0.25) is 0 Å². The topological polar surface area (TPSA) is 32.3 Å². The number of benzene rings is 1. The van der Waals surface area contributed by atoms with Gasteiger partial charge in [0.15, 0.2) is 0 Å².